The number of carbonyl (C=O) groups excluding carboxylic acids is 1. The average Bonchev–Trinajstić information content (AvgIpc) is 2.65. The Balaban J connectivity index is 2.33. The van der Waals surface area contributed by atoms with Crippen molar-refractivity contribution >= 4 is 27.8 Å². The van der Waals surface area contributed by atoms with Crippen LogP contribution in [0.4, 0.5) is 5.69 Å². The van der Waals surface area contributed by atoms with E-state index >= 15 is 0 Å². The minimum absolute atomic E-state index is 0.0177. The molecule has 0 N–H and O–H groups in total. The van der Waals surface area contributed by atoms with Gasteiger partial charge in [-0.25, -0.2) is 13.2 Å². The molecule has 0 spiro atoms. The Morgan fingerprint density at radius 1 is 1.23 bits per heavy atom. The highest BCUT2D eigenvalue weighted by molar-refractivity contribution is 7.92. The van der Waals surface area contributed by atoms with Gasteiger partial charge < -0.3 is 4.74 Å². The van der Waals surface area contributed by atoms with E-state index in [-0.39, 0.29) is 12.3 Å². The molecule has 0 saturated carbocycles. The summed E-state index contributed by atoms with van der Waals surface area (Å²) in [5, 5.41) is 0. The first-order valence-electron chi connectivity index (χ1n) is 8.30. The smallest absolute Gasteiger partial charge is 0.330 e. The summed E-state index contributed by atoms with van der Waals surface area (Å²) in [5.41, 5.74) is 2.02. The van der Waals surface area contributed by atoms with E-state index in [0.717, 1.165) is 5.56 Å². The van der Waals surface area contributed by atoms with Gasteiger partial charge in [-0.05, 0) is 49.2 Å². The Kier molecular flexibility index (Phi) is 6.91. The molecule has 138 valence electrons. The molecule has 2 aromatic rings. The van der Waals surface area contributed by atoms with Crippen LogP contribution in [-0.2, 0) is 26.1 Å². The van der Waals surface area contributed by atoms with Gasteiger partial charge in [0.2, 0.25) is 10.0 Å². The number of sulfonamides is 1. The highest BCUT2D eigenvalue weighted by Crippen LogP contribution is 2.23. The molecule has 0 amide bonds. The van der Waals surface area contributed by atoms with Gasteiger partial charge >= 0.3 is 5.97 Å². The Bertz CT molecular complexity index is 864. The standard InChI is InChI=1S/C19H22N2O4S/c1-3-25-19(22)11-10-16-7-5-9-18(13-16)21(26(23,24)4-2)15-17-8-6-12-20-14-17/h5-14H,3-4,15H2,1-2H3. The summed E-state index contributed by atoms with van der Waals surface area (Å²) in [7, 11) is -3.48. The molecule has 2 rings (SSSR count). The van der Waals surface area contributed by atoms with Crippen LogP contribution in [0.5, 0.6) is 0 Å². The molecular formula is C19H22N2O4S. The minimum atomic E-state index is -3.48. The van der Waals surface area contributed by atoms with Crippen LogP contribution in [0.3, 0.4) is 0 Å². The molecule has 1 heterocycles. The topological polar surface area (TPSA) is 76.6 Å². The number of aromatic nitrogens is 1. The first-order valence-corrected chi connectivity index (χ1v) is 9.91. The maximum Gasteiger partial charge on any atom is 0.330 e. The number of anilines is 1. The van der Waals surface area contributed by atoms with E-state index in [4.69, 9.17) is 4.74 Å². The molecule has 26 heavy (non-hydrogen) atoms. The van der Waals surface area contributed by atoms with E-state index < -0.39 is 16.0 Å². The van der Waals surface area contributed by atoms with Gasteiger partial charge in [-0.3, -0.25) is 9.29 Å². The van der Waals surface area contributed by atoms with Gasteiger partial charge in [0.1, 0.15) is 0 Å². The molecule has 0 fully saturated rings. The number of rotatable bonds is 8. The Labute approximate surface area is 154 Å². The second-order valence-electron chi connectivity index (χ2n) is 5.45. The van der Waals surface area contributed by atoms with Crippen LogP contribution in [-0.4, -0.2) is 31.7 Å². The summed E-state index contributed by atoms with van der Waals surface area (Å²) in [6.07, 6.45) is 6.20. The highest BCUT2D eigenvalue weighted by Gasteiger charge is 2.21. The SMILES string of the molecule is CCOC(=O)C=Cc1cccc(N(Cc2cccnc2)S(=O)(=O)CC)c1. The molecule has 0 aliphatic carbocycles. The highest BCUT2D eigenvalue weighted by atomic mass is 32.2. The number of esters is 1. The van der Waals surface area contributed by atoms with Gasteiger partial charge in [0.05, 0.1) is 24.6 Å². The van der Waals surface area contributed by atoms with Gasteiger partial charge in [0, 0.05) is 18.5 Å². The van der Waals surface area contributed by atoms with Gasteiger partial charge in [-0.15, -0.1) is 0 Å². The molecular weight excluding hydrogens is 352 g/mol. The van der Waals surface area contributed by atoms with Crippen LogP contribution in [0.25, 0.3) is 6.08 Å². The molecule has 1 aromatic carbocycles. The number of hydrogen-bond acceptors (Lipinski definition) is 5. The Morgan fingerprint density at radius 2 is 2.04 bits per heavy atom. The summed E-state index contributed by atoms with van der Waals surface area (Å²) in [5.74, 6) is -0.456. The second kappa shape index (κ2) is 9.15. The van der Waals surface area contributed by atoms with E-state index in [0.29, 0.717) is 17.9 Å². The van der Waals surface area contributed by atoms with Crippen LogP contribution in [0.2, 0.25) is 0 Å². The van der Waals surface area contributed by atoms with Gasteiger partial charge in [-0.1, -0.05) is 18.2 Å². The Morgan fingerprint density at radius 3 is 2.69 bits per heavy atom. The summed E-state index contributed by atoms with van der Waals surface area (Å²) in [4.78, 5) is 15.5. The van der Waals surface area contributed by atoms with Crippen LogP contribution in [0.15, 0.2) is 54.9 Å². The van der Waals surface area contributed by atoms with Crippen molar-refractivity contribution in [1.82, 2.24) is 4.98 Å². The molecule has 0 aliphatic rings. The number of benzene rings is 1. The van der Waals surface area contributed by atoms with Crippen molar-refractivity contribution in [3.8, 4) is 0 Å². The fourth-order valence-corrected chi connectivity index (χ4v) is 3.39. The van der Waals surface area contributed by atoms with Crippen LogP contribution in [0.1, 0.15) is 25.0 Å². The zero-order valence-corrected chi connectivity index (χ0v) is 15.6. The Hall–Kier alpha value is -2.67. The van der Waals surface area contributed by atoms with E-state index in [1.165, 1.54) is 10.4 Å². The molecule has 0 atom stereocenters. The zero-order valence-electron chi connectivity index (χ0n) is 14.8. The molecule has 0 saturated heterocycles. The number of ether oxygens (including phenoxy) is 1. The van der Waals surface area contributed by atoms with Crippen LogP contribution < -0.4 is 4.31 Å². The molecule has 1 aromatic heterocycles. The molecule has 0 radical (unpaired) electrons. The van der Waals surface area contributed by atoms with Crippen molar-refractivity contribution in [3.63, 3.8) is 0 Å². The monoisotopic (exact) mass is 374 g/mol. The lowest BCUT2D eigenvalue weighted by Crippen LogP contribution is -2.31. The third-order valence-corrected chi connectivity index (χ3v) is 5.35. The van der Waals surface area contributed by atoms with Crippen LogP contribution in [0, 0.1) is 0 Å². The summed E-state index contributed by atoms with van der Waals surface area (Å²) in [6, 6.07) is 10.6. The zero-order chi connectivity index (χ0) is 19.0. The molecule has 6 nitrogen and oxygen atoms in total. The maximum absolute atomic E-state index is 12.6. The van der Waals surface area contributed by atoms with Crippen molar-refractivity contribution in [3.05, 3.63) is 66.0 Å². The number of pyridine rings is 1. The summed E-state index contributed by atoms with van der Waals surface area (Å²) in [6.45, 7) is 3.83. The van der Waals surface area contributed by atoms with E-state index in [9.17, 15) is 13.2 Å². The number of hydrogen-bond donors (Lipinski definition) is 0. The van der Waals surface area contributed by atoms with Crippen molar-refractivity contribution in [2.45, 2.75) is 20.4 Å². The first-order chi connectivity index (χ1) is 12.5. The predicted octanol–water partition coefficient (Wildman–Crippen LogP) is 3.01. The second-order valence-corrected chi connectivity index (χ2v) is 7.63. The summed E-state index contributed by atoms with van der Waals surface area (Å²) < 4.78 is 31.4. The lowest BCUT2D eigenvalue weighted by atomic mass is 10.2. The van der Waals surface area contributed by atoms with Crippen LogP contribution >= 0.6 is 0 Å². The molecule has 0 aliphatic heterocycles. The predicted molar refractivity (Wildman–Crippen MR) is 102 cm³/mol. The first kappa shape index (κ1) is 19.7. The maximum atomic E-state index is 12.6. The third-order valence-electron chi connectivity index (χ3n) is 3.61. The molecule has 0 unspecified atom stereocenters. The minimum Gasteiger partial charge on any atom is -0.463 e. The van der Waals surface area contributed by atoms with Crippen molar-refractivity contribution in [2.75, 3.05) is 16.7 Å². The van der Waals surface area contributed by atoms with E-state index in [2.05, 4.69) is 4.98 Å². The van der Waals surface area contributed by atoms with E-state index in [1.807, 2.05) is 6.07 Å². The molecule has 0 bridgehead atoms. The quantitative estimate of drug-likeness (QED) is 0.524. The lowest BCUT2D eigenvalue weighted by Gasteiger charge is -2.24. The van der Waals surface area contributed by atoms with Gasteiger partial charge in [0.25, 0.3) is 0 Å². The normalized spacial score (nSPS) is 11.5. The molecule has 7 heteroatoms. The third kappa shape index (κ3) is 5.42. The largest absolute Gasteiger partial charge is 0.463 e. The van der Waals surface area contributed by atoms with Crippen molar-refractivity contribution in [2.24, 2.45) is 0 Å². The van der Waals surface area contributed by atoms with Gasteiger partial charge in [0.15, 0.2) is 0 Å². The summed E-state index contributed by atoms with van der Waals surface area (Å²) >= 11 is 0. The number of carbonyl (C=O) groups is 1. The average molecular weight is 374 g/mol. The number of nitrogens with zero attached hydrogens (tertiary/aromatic N) is 2. The lowest BCUT2D eigenvalue weighted by molar-refractivity contribution is -0.137. The van der Waals surface area contributed by atoms with Gasteiger partial charge in [-0.2, -0.15) is 0 Å². The van der Waals surface area contributed by atoms with Crippen molar-refractivity contribution in [1.29, 1.82) is 0 Å². The van der Waals surface area contributed by atoms with E-state index in [1.54, 1.807) is 62.6 Å². The fourth-order valence-electron chi connectivity index (χ4n) is 2.30. The fraction of sp³-hybridized carbons (Fsp3) is 0.263. The van der Waals surface area contributed by atoms with Crippen molar-refractivity contribution < 1.29 is 17.9 Å².